The van der Waals surface area contributed by atoms with Crippen molar-refractivity contribution in [3.8, 4) is 0 Å². The Morgan fingerprint density at radius 1 is 1.41 bits per heavy atom. The second kappa shape index (κ2) is 7.91. The number of thioether (sulfide) groups is 1. The number of rotatable bonds is 9. The molecule has 0 aliphatic carbocycles. The van der Waals surface area contributed by atoms with Crippen molar-refractivity contribution in [2.24, 2.45) is 5.92 Å². The minimum Gasteiger partial charge on any atom is -0.480 e. The summed E-state index contributed by atoms with van der Waals surface area (Å²) in [4.78, 5) is 10.9. The van der Waals surface area contributed by atoms with E-state index in [-0.39, 0.29) is 18.9 Å². The van der Waals surface area contributed by atoms with Crippen molar-refractivity contribution >= 4 is 27.9 Å². The molecule has 0 aliphatic heterocycles. The monoisotopic (exact) mass is 284 g/mol. The molecule has 0 heterocycles. The quantitative estimate of drug-likeness (QED) is 0.565. The molecule has 0 aromatic rings. The van der Waals surface area contributed by atoms with Gasteiger partial charge in [-0.15, -0.1) is 0 Å². The molecule has 6 nitrogen and oxygen atoms in total. The van der Waals surface area contributed by atoms with Crippen LogP contribution in [0.4, 0.5) is 0 Å². The highest BCUT2D eigenvalue weighted by molar-refractivity contribution is 7.98. The smallest absolute Gasteiger partial charge is 0.321 e. The van der Waals surface area contributed by atoms with Crippen LogP contribution in [0.2, 0.25) is 0 Å². The summed E-state index contributed by atoms with van der Waals surface area (Å²) in [6.45, 7) is 4.01. The average Bonchev–Trinajstić information content (AvgIpc) is 2.21. The van der Waals surface area contributed by atoms with Gasteiger partial charge in [-0.2, -0.15) is 24.9 Å². The zero-order valence-corrected chi connectivity index (χ0v) is 11.9. The Bertz CT molecular complexity index is 330. The van der Waals surface area contributed by atoms with Gasteiger partial charge in [0.2, 0.25) is 0 Å². The second-order valence-corrected chi connectivity index (χ2v) is 6.55. The van der Waals surface area contributed by atoms with Gasteiger partial charge in [0.15, 0.2) is 0 Å². The Morgan fingerprint density at radius 2 is 2.00 bits per heavy atom. The maximum atomic E-state index is 11.5. The van der Waals surface area contributed by atoms with E-state index in [1.165, 1.54) is 11.8 Å². The third-order valence-corrected chi connectivity index (χ3v) is 3.67. The zero-order chi connectivity index (χ0) is 13.5. The van der Waals surface area contributed by atoms with Crippen LogP contribution in [0.15, 0.2) is 0 Å². The largest absolute Gasteiger partial charge is 0.480 e. The molecule has 0 spiro atoms. The zero-order valence-electron chi connectivity index (χ0n) is 10.3. The maximum absolute atomic E-state index is 11.5. The van der Waals surface area contributed by atoms with E-state index < -0.39 is 22.2 Å². The summed E-state index contributed by atoms with van der Waals surface area (Å²) in [7, 11) is -3.74. The molecule has 0 rings (SSSR count). The predicted octanol–water partition coefficient (Wildman–Crippen LogP) is 0.273. The van der Waals surface area contributed by atoms with Gasteiger partial charge < -0.3 is 5.11 Å². The van der Waals surface area contributed by atoms with Gasteiger partial charge in [-0.05, 0) is 24.3 Å². The molecular weight excluding hydrogens is 264 g/mol. The van der Waals surface area contributed by atoms with Crippen LogP contribution < -0.4 is 9.44 Å². The van der Waals surface area contributed by atoms with Crippen LogP contribution in [-0.4, -0.2) is 44.1 Å². The van der Waals surface area contributed by atoms with Crippen molar-refractivity contribution in [1.29, 1.82) is 0 Å². The summed E-state index contributed by atoms with van der Waals surface area (Å²) in [6, 6.07) is -1.08. The van der Waals surface area contributed by atoms with Crippen molar-refractivity contribution in [2.45, 2.75) is 26.3 Å². The molecule has 0 saturated heterocycles. The molecule has 0 unspecified atom stereocenters. The fraction of sp³-hybridized carbons (Fsp3) is 0.889. The summed E-state index contributed by atoms with van der Waals surface area (Å²) >= 11 is 1.47. The lowest BCUT2D eigenvalue weighted by molar-refractivity contribution is -0.139. The fourth-order valence-corrected chi connectivity index (χ4v) is 2.67. The Kier molecular flexibility index (Phi) is 7.77. The topological polar surface area (TPSA) is 95.5 Å². The molecule has 0 amide bonds. The van der Waals surface area contributed by atoms with Gasteiger partial charge in [-0.1, -0.05) is 13.8 Å². The Labute approximate surface area is 107 Å². The van der Waals surface area contributed by atoms with Crippen molar-refractivity contribution < 1.29 is 18.3 Å². The molecule has 17 heavy (non-hydrogen) atoms. The SMILES string of the molecule is CSCC[C@@H](NS(=O)(=O)NCC(C)C)C(=O)O. The van der Waals surface area contributed by atoms with E-state index in [1.807, 2.05) is 20.1 Å². The molecule has 3 N–H and O–H groups in total. The maximum Gasteiger partial charge on any atom is 0.321 e. The van der Waals surface area contributed by atoms with E-state index >= 15 is 0 Å². The lowest BCUT2D eigenvalue weighted by atomic mass is 10.2. The van der Waals surface area contributed by atoms with Crippen molar-refractivity contribution in [1.82, 2.24) is 9.44 Å². The molecule has 0 aliphatic rings. The van der Waals surface area contributed by atoms with Crippen molar-refractivity contribution in [3.05, 3.63) is 0 Å². The minimum absolute atomic E-state index is 0.168. The third-order valence-electron chi connectivity index (χ3n) is 1.89. The summed E-state index contributed by atoms with van der Waals surface area (Å²) in [5.41, 5.74) is 0. The third kappa shape index (κ3) is 8.42. The number of hydrogen-bond donors (Lipinski definition) is 3. The molecule has 0 bridgehead atoms. The van der Waals surface area contributed by atoms with Crippen molar-refractivity contribution in [2.75, 3.05) is 18.6 Å². The van der Waals surface area contributed by atoms with E-state index in [4.69, 9.17) is 5.11 Å². The molecule has 1 atom stereocenters. The standard InChI is InChI=1S/C9H20N2O4S2/c1-7(2)6-10-17(14,15)11-8(9(12)13)4-5-16-3/h7-8,10-11H,4-6H2,1-3H3,(H,12,13)/t8-/m1/s1. The first kappa shape index (κ1) is 16.7. The van der Waals surface area contributed by atoms with Crippen LogP contribution in [-0.2, 0) is 15.0 Å². The van der Waals surface area contributed by atoms with E-state index in [1.54, 1.807) is 0 Å². The molecule has 102 valence electrons. The number of hydrogen-bond acceptors (Lipinski definition) is 4. The van der Waals surface area contributed by atoms with Gasteiger partial charge in [0.1, 0.15) is 6.04 Å². The average molecular weight is 284 g/mol. The molecule has 0 fully saturated rings. The highest BCUT2D eigenvalue weighted by Gasteiger charge is 2.23. The normalized spacial score (nSPS) is 13.9. The van der Waals surface area contributed by atoms with Crippen LogP contribution in [0, 0.1) is 5.92 Å². The van der Waals surface area contributed by atoms with Crippen molar-refractivity contribution in [3.63, 3.8) is 0 Å². The first-order valence-electron chi connectivity index (χ1n) is 5.27. The van der Waals surface area contributed by atoms with Crippen LogP contribution >= 0.6 is 11.8 Å². The van der Waals surface area contributed by atoms with Gasteiger partial charge in [0.05, 0.1) is 0 Å². The molecule has 0 saturated carbocycles. The van der Waals surface area contributed by atoms with E-state index in [9.17, 15) is 13.2 Å². The summed E-state index contributed by atoms with van der Waals surface area (Å²) in [5, 5.41) is 8.88. The fourth-order valence-electron chi connectivity index (χ4n) is 0.974. The van der Waals surface area contributed by atoms with Gasteiger partial charge in [-0.25, -0.2) is 4.72 Å². The first-order valence-corrected chi connectivity index (χ1v) is 8.15. The van der Waals surface area contributed by atoms with Crippen LogP contribution in [0.25, 0.3) is 0 Å². The number of aliphatic carboxylic acids is 1. The number of carboxylic acid groups (broad SMARTS) is 1. The van der Waals surface area contributed by atoms with E-state index in [0.717, 1.165) is 0 Å². The minimum atomic E-state index is -3.74. The molecular formula is C9H20N2O4S2. The van der Waals surface area contributed by atoms with Crippen LogP contribution in [0.1, 0.15) is 20.3 Å². The first-order chi connectivity index (χ1) is 7.78. The molecule has 8 heteroatoms. The van der Waals surface area contributed by atoms with Gasteiger partial charge in [0, 0.05) is 6.54 Å². The number of carboxylic acids is 1. The number of nitrogens with one attached hydrogen (secondary N) is 2. The van der Waals surface area contributed by atoms with Gasteiger partial charge in [-0.3, -0.25) is 4.79 Å². The Balaban J connectivity index is 4.37. The van der Waals surface area contributed by atoms with Crippen LogP contribution in [0.5, 0.6) is 0 Å². The Morgan fingerprint density at radius 3 is 2.41 bits per heavy atom. The highest BCUT2D eigenvalue weighted by Crippen LogP contribution is 2.02. The highest BCUT2D eigenvalue weighted by atomic mass is 32.2. The number of carbonyl (C=O) groups is 1. The van der Waals surface area contributed by atoms with Gasteiger partial charge in [0.25, 0.3) is 10.2 Å². The lowest BCUT2D eigenvalue weighted by Crippen LogP contribution is -2.47. The Hall–Kier alpha value is -0.310. The molecule has 0 aromatic carbocycles. The second-order valence-electron chi connectivity index (χ2n) is 4.04. The van der Waals surface area contributed by atoms with E-state index in [2.05, 4.69) is 9.44 Å². The lowest BCUT2D eigenvalue weighted by Gasteiger charge is -2.15. The summed E-state index contributed by atoms with van der Waals surface area (Å²) in [5.74, 6) is -0.404. The molecule has 0 aromatic heterocycles. The predicted molar refractivity (Wildman–Crippen MR) is 69.3 cm³/mol. The van der Waals surface area contributed by atoms with Crippen LogP contribution in [0.3, 0.4) is 0 Å². The van der Waals surface area contributed by atoms with E-state index in [0.29, 0.717) is 5.75 Å². The summed E-state index contributed by atoms with van der Waals surface area (Å²) < 4.78 is 27.5. The molecule has 0 radical (unpaired) electrons. The summed E-state index contributed by atoms with van der Waals surface area (Å²) in [6.07, 6.45) is 2.10. The van der Waals surface area contributed by atoms with Gasteiger partial charge >= 0.3 is 5.97 Å².